The lowest BCUT2D eigenvalue weighted by molar-refractivity contribution is -0.122. The molecule has 0 saturated heterocycles. The Bertz CT molecular complexity index is 150. The molecule has 0 unspecified atom stereocenters. The largest absolute Gasteiger partial charge is 0.303 e. The monoisotopic (exact) mass is 188 g/mol. The van der Waals surface area contributed by atoms with E-state index >= 15 is 0 Å². The van der Waals surface area contributed by atoms with Crippen LogP contribution in [0, 0.1) is 0 Å². The molecule has 0 amide bonds. The van der Waals surface area contributed by atoms with Gasteiger partial charge in [0.05, 0.1) is 6.42 Å². The summed E-state index contributed by atoms with van der Waals surface area (Å²) in [6.45, 7) is 5.17. The summed E-state index contributed by atoms with van der Waals surface area (Å²) in [6.07, 6.45) is 1.85. The van der Waals surface area contributed by atoms with Gasteiger partial charge in [-0.15, -0.1) is 0 Å². The van der Waals surface area contributed by atoms with Gasteiger partial charge in [-0.05, 0) is 6.92 Å². The van der Waals surface area contributed by atoms with Crippen molar-refractivity contribution in [3.05, 3.63) is 0 Å². The third kappa shape index (κ3) is 24.7. The van der Waals surface area contributed by atoms with Gasteiger partial charge in [-0.3, -0.25) is 4.79 Å². The molecule has 0 bridgehead atoms. The molecule has 0 N–H and O–H groups in total. The van der Waals surface area contributed by atoms with Gasteiger partial charge in [0.25, 0.3) is 0 Å². The molecule has 0 heterocycles. The number of hydrogen-bond donors (Lipinski definition) is 0. The Kier molecular flexibility index (Phi) is 18.7. The highest BCUT2D eigenvalue weighted by molar-refractivity contribution is 5.89. The van der Waals surface area contributed by atoms with Crippen molar-refractivity contribution in [2.24, 2.45) is 0 Å². The first kappa shape index (κ1) is 17.9. The van der Waals surface area contributed by atoms with E-state index in [0.717, 1.165) is 0 Å². The van der Waals surface area contributed by atoms with Crippen LogP contribution in [0.1, 0.15) is 47.5 Å². The predicted molar refractivity (Wildman–Crippen MR) is 53.7 cm³/mol. The molecular weight excluding hydrogens is 168 g/mol. The molecule has 0 aliphatic carbocycles. The van der Waals surface area contributed by atoms with E-state index in [4.69, 9.17) is 0 Å². The molecule has 3 heteroatoms. The van der Waals surface area contributed by atoms with Crippen molar-refractivity contribution in [3.63, 3.8) is 0 Å². The van der Waals surface area contributed by atoms with Crippen LogP contribution in [0.2, 0.25) is 0 Å². The van der Waals surface area contributed by atoms with E-state index in [-0.39, 0.29) is 25.4 Å². The summed E-state index contributed by atoms with van der Waals surface area (Å²) in [4.78, 5) is 29.5. The molecule has 0 aliphatic heterocycles. The van der Waals surface area contributed by atoms with Gasteiger partial charge in [-0.2, -0.15) is 0 Å². The van der Waals surface area contributed by atoms with Gasteiger partial charge >= 0.3 is 0 Å². The Hall–Kier alpha value is -0.990. The first-order valence-corrected chi connectivity index (χ1v) is 4.03. The van der Waals surface area contributed by atoms with Gasteiger partial charge in [-0.1, -0.05) is 21.3 Å². The molecule has 0 aromatic heterocycles. The van der Waals surface area contributed by atoms with Gasteiger partial charge in [0.1, 0.15) is 17.9 Å². The van der Waals surface area contributed by atoms with Gasteiger partial charge < -0.3 is 9.59 Å². The van der Waals surface area contributed by atoms with Crippen LogP contribution in [0.5, 0.6) is 0 Å². The van der Waals surface area contributed by atoms with Gasteiger partial charge in [0.15, 0.2) is 0 Å². The molecule has 0 aromatic rings. The Labute approximate surface area is 80.5 Å². The molecule has 78 valence electrons. The summed E-state index contributed by atoms with van der Waals surface area (Å²) < 4.78 is 0. The van der Waals surface area contributed by atoms with Crippen LogP contribution in [0.25, 0.3) is 0 Å². The fourth-order valence-corrected chi connectivity index (χ4v) is 0.237. The zero-order valence-corrected chi connectivity index (χ0v) is 7.92. The van der Waals surface area contributed by atoms with E-state index in [1.807, 2.05) is 6.92 Å². The fraction of sp³-hybridized carbons (Fsp3) is 0.700. The standard InChI is InChI=1S/C5H8O2.C4H8O.CH4/c1-2-5(7)3-4-6;1-3-4(2)5;/h4H,2-3H2,1H3;3H2,1-2H3;1H4. The highest BCUT2D eigenvalue weighted by atomic mass is 16.1. The molecular formula is C10H20O3. The molecule has 3 nitrogen and oxygen atoms in total. The predicted octanol–water partition coefficient (Wildman–Crippen LogP) is 2.18. The topological polar surface area (TPSA) is 51.2 Å². The van der Waals surface area contributed by atoms with E-state index < -0.39 is 0 Å². The molecule has 0 aliphatic rings. The summed E-state index contributed by atoms with van der Waals surface area (Å²) >= 11 is 0. The van der Waals surface area contributed by atoms with E-state index in [1.54, 1.807) is 13.8 Å². The molecule has 0 aromatic carbocycles. The minimum atomic E-state index is 0. The van der Waals surface area contributed by atoms with Crippen LogP contribution < -0.4 is 0 Å². The first-order valence-electron chi connectivity index (χ1n) is 4.03. The highest BCUT2D eigenvalue weighted by Gasteiger charge is 1.91. The van der Waals surface area contributed by atoms with Crippen LogP contribution >= 0.6 is 0 Å². The van der Waals surface area contributed by atoms with Crippen LogP contribution in [0.4, 0.5) is 0 Å². The maximum Gasteiger partial charge on any atom is 0.139 e. The van der Waals surface area contributed by atoms with Gasteiger partial charge in [0, 0.05) is 12.8 Å². The van der Waals surface area contributed by atoms with Crippen LogP contribution in [0.3, 0.4) is 0 Å². The molecule has 0 saturated carbocycles. The lowest BCUT2D eigenvalue weighted by Gasteiger charge is -1.80. The number of rotatable bonds is 4. The van der Waals surface area contributed by atoms with E-state index in [2.05, 4.69) is 0 Å². The average Bonchev–Trinajstić information content (AvgIpc) is 2.06. The van der Waals surface area contributed by atoms with Crippen LogP contribution in [0.15, 0.2) is 0 Å². The lowest BCUT2D eigenvalue weighted by Crippen LogP contribution is -1.93. The molecule has 0 rings (SSSR count). The van der Waals surface area contributed by atoms with Crippen molar-refractivity contribution in [1.29, 1.82) is 0 Å². The molecule has 0 radical (unpaired) electrons. The summed E-state index contributed by atoms with van der Waals surface area (Å²) in [6, 6.07) is 0. The zero-order chi connectivity index (χ0) is 9.98. The van der Waals surface area contributed by atoms with Crippen molar-refractivity contribution in [1.82, 2.24) is 0 Å². The van der Waals surface area contributed by atoms with Gasteiger partial charge in [-0.25, -0.2) is 0 Å². The molecule has 0 fully saturated rings. The number of carbonyl (C=O) groups is 3. The fourth-order valence-electron chi connectivity index (χ4n) is 0.237. The van der Waals surface area contributed by atoms with Crippen LogP contribution in [-0.4, -0.2) is 17.9 Å². The lowest BCUT2D eigenvalue weighted by atomic mass is 10.2. The van der Waals surface area contributed by atoms with Crippen molar-refractivity contribution < 1.29 is 14.4 Å². The minimum absolute atomic E-state index is 0. The third-order valence-electron chi connectivity index (χ3n) is 1.20. The Morgan fingerprint density at radius 2 is 1.54 bits per heavy atom. The molecule has 13 heavy (non-hydrogen) atoms. The zero-order valence-electron chi connectivity index (χ0n) is 7.92. The summed E-state index contributed by atoms with van der Waals surface area (Å²) in [5.74, 6) is 0.264. The normalized spacial score (nSPS) is 7.31. The van der Waals surface area contributed by atoms with E-state index in [9.17, 15) is 14.4 Å². The smallest absolute Gasteiger partial charge is 0.139 e. The Morgan fingerprint density at radius 1 is 1.15 bits per heavy atom. The Balaban J connectivity index is -0.000000150. The summed E-state index contributed by atoms with van der Waals surface area (Å²) in [5, 5.41) is 0. The minimum Gasteiger partial charge on any atom is -0.303 e. The second kappa shape index (κ2) is 13.6. The van der Waals surface area contributed by atoms with E-state index in [0.29, 0.717) is 19.1 Å². The van der Waals surface area contributed by atoms with Crippen molar-refractivity contribution >= 4 is 17.9 Å². The Morgan fingerprint density at radius 3 is 1.62 bits per heavy atom. The van der Waals surface area contributed by atoms with Crippen molar-refractivity contribution in [2.75, 3.05) is 0 Å². The second-order valence-corrected chi connectivity index (χ2v) is 2.32. The number of aldehydes is 1. The van der Waals surface area contributed by atoms with Crippen LogP contribution in [-0.2, 0) is 14.4 Å². The van der Waals surface area contributed by atoms with Crippen molar-refractivity contribution in [2.45, 2.75) is 47.5 Å². The number of hydrogen-bond acceptors (Lipinski definition) is 3. The average molecular weight is 188 g/mol. The highest BCUT2D eigenvalue weighted by Crippen LogP contribution is 1.81. The van der Waals surface area contributed by atoms with Gasteiger partial charge in [0.2, 0.25) is 0 Å². The number of Topliss-reactive ketones (excluding diaryl/α,β-unsaturated/α-hetero) is 2. The summed E-state index contributed by atoms with van der Waals surface area (Å²) in [5.41, 5.74) is 0. The SMILES string of the molecule is C.CCC(=O)CC=O.CCC(C)=O. The number of carbonyl (C=O) groups excluding carboxylic acids is 3. The maximum atomic E-state index is 10.2. The number of ketones is 2. The second-order valence-electron chi connectivity index (χ2n) is 2.32. The molecule has 0 spiro atoms. The first-order chi connectivity index (χ1) is 5.58. The maximum absolute atomic E-state index is 10.2. The van der Waals surface area contributed by atoms with E-state index in [1.165, 1.54) is 0 Å². The molecule has 0 atom stereocenters. The quantitative estimate of drug-likeness (QED) is 0.502. The third-order valence-corrected chi connectivity index (χ3v) is 1.20. The van der Waals surface area contributed by atoms with Crippen molar-refractivity contribution in [3.8, 4) is 0 Å². The summed E-state index contributed by atoms with van der Waals surface area (Å²) in [7, 11) is 0.